The third-order valence-corrected chi connectivity index (χ3v) is 5.41. The lowest BCUT2D eigenvalue weighted by Crippen LogP contribution is -2.18. The Balaban J connectivity index is 1.83. The molecule has 0 aliphatic heterocycles. The number of fused-ring (bicyclic) bond motifs is 1. The van der Waals surface area contributed by atoms with Crippen LogP contribution in [0.25, 0.3) is 0 Å². The summed E-state index contributed by atoms with van der Waals surface area (Å²) >= 11 is 0. The normalized spacial score (nSPS) is 35.3. The van der Waals surface area contributed by atoms with Crippen molar-refractivity contribution in [2.24, 2.45) is 23.7 Å². The number of aliphatic hydroxyl groups is 2. The Kier molecular flexibility index (Phi) is 6.07. The highest BCUT2D eigenvalue weighted by molar-refractivity contribution is 5.15. The van der Waals surface area contributed by atoms with Gasteiger partial charge in [0.25, 0.3) is 0 Å². The number of hydrogen-bond acceptors (Lipinski definition) is 2. The predicted octanol–water partition coefficient (Wildman–Crippen LogP) is 4.08. The summed E-state index contributed by atoms with van der Waals surface area (Å²) in [6.45, 7) is 8.53. The number of allylic oxidation sites excluding steroid dienone is 1. The van der Waals surface area contributed by atoms with E-state index in [1.165, 1.54) is 24.8 Å². The predicted molar refractivity (Wildman–Crippen MR) is 87.9 cm³/mol. The largest absolute Gasteiger partial charge is 0.392 e. The van der Waals surface area contributed by atoms with E-state index in [0.717, 1.165) is 25.7 Å². The van der Waals surface area contributed by atoms with E-state index in [0.29, 0.717) is 17.8 Å². The van der Waals surface area contributed by atoms with E-state index < -0.39 is 0 Å². The third kappa shape index (κ3) is 4.43. The molecule has 0 radical (unpaired) electrons. The lowest BCUT2D eigenvalue weighted by Gasteiger charge is -2.18. The van der Waals surface area contributed by atoms with Crippen LogP contribution in [0.5, 0.6) is 0 Å². The summed E-state index contributed by atoms with van der Waals surface area (Å²) in [5.41, 5.74) is 1.34. The highest BCUT2D eigenvalue weighted by atomic mass is 16.3. The molecule has 0 saturated heterocycles. The fourth-order valence-electron chi connectivity index (χ4n) is 4.26. The van der Waals surface area contributed by atoms with E-state index in [9.17, 15) is 10.2 Å². The maximum absolute atomic E-state index is 10.2. The summed E-state index contributed by atoms with van der Waals surface area (Å²) in [6.07, 6.45) is 11.0. The summed E-state index contributed by atoms with van der Waals surface area (Å²) < 4.78 is 0. The van der Waals surface area contributed by atoms with Crippen molar-refractivity contribution in [1.29, 1.82) is 0 Å². The van der Waals surface area contributed by atoms with Gasteiger partial charge in [-0.3, -0.25) is 0 Å². The standard InChI is InChI=1S/C19H32O2/c1-4-5-6-13(2)10-16(20)7-8-17-18-11-14(3)9-15(18)12-19(17)21/h7-8,13,15-21H,3-6,9-12H2,1-2H3/t13-,15+,16-,17-,18-,19-/m1/s1. The maximum atomic E-state index is 10.2. The average Bonchev–Trinajstić information content (AvgIpc) is 2.89. The van der Waals surface area contributed by atoms with Crippen molar-refractivity contribution in [1.82, 2.24) is 0 Å². The van der Waals surface area contributed by atoms with Gasteiger partial charge in [0.15, 0.2) is 0 Å². The Morgan fingerprint density at radius 1 is 1.38 bits per heavy atom. The van der Waals surface area contributed by atoms with Gasteiger partial charge in [-0.1, -0.05) is 57.4 Å². The Bertz CT molecular complexity index is 374. The van der Waals surface area contributed by atoms with Gasteiger partial charge in [-0.15, -0.1) is 0 Å². The molecule has 0 spiro atoms. The molecule has 0 bridgehead atoms. The Morgan fingerprint density at radius 2 is 2.14 bits per heavy atom. The fraction of sp³-hybridized carbons (Fsp3) is 0.789. The Morgan fingerprint density at radius 3 is 2.86 bits per heavy atom. The van der Waals surface area contributed by atoms with Crippen LogP contribution in [0.1, 0.15) is 58.8 Å². The zero-order valence-electron chi connectivity index (χ0n) is 13.7. The first-order valence-corrected chi connectivity index (χ1v) is 8.72. The zero-order chi connectivity index (χ0) is 15.4. The maximum Gasteiger partial charge on any atom is 0.0723 e. The second-order valence-electron chi connectivity index (χ2n) is 7.40. The molecule has 2 N–H and O–H groups in total. The van der Waals surface area contributed by atoms with Gasteiger partial charge in [0.2, 0.25) is 0 Å². The van der Waals surface area contributed by atoms with Crippen molar-refractivity contribution in [2.75, 3.05) is 0 Å². The van der Waals surface area contributed by atoms with E-state index in [1.807, 2.05) is 6.08 Å². The zero-order valence-corrected chi connectivity index (χ0v) is 13.7. The van der Waals surface area contributed by atoms with Crippen LogP contribution in [0, 0.1) is 23.7 Å². The lowest BCUT2D eigenvalue weighted by molar-refractivity contribution is 0.138. The van der Waals surface area contributed by atoms with Gasteiger partial charge >= 0.3 is 0 Å². The second-order valence-corrected chi connectivity index (χ2v) is 7.40. The van der Waals surface area contributed by atoms with Crippen LogP contribution in [-0.4, -0.2) is 22.4 Å². The van der Waals surface area contributed by atoms with Crippen LogP contribution in [0.3, 0.4) is 0 Å². The van der Waals surface area contributed by atoms with Crippen LogP contribution in [-0.2, 0) is 0 Å². The van der Waals surface area contributed by atoms with E-state index >= 15 is 0 Å². The summed E-state index contributed by atoms with van der Waals surface area (Å²) in [5.74, 6) is 1.95. The molecular formula is C19H32O2. The van der Waals surface area contributed by atoms with Crippen molar-refractivity contribution >= 4 is 0 Å². The van der Waals surface area contributed by atoms with Gasteiger partial charge in [-0.25, -0.2) is 0 Å². The molecule has 21 heavy (non-hydrogen) atoms. The number of rotatable bonds is 7. The van der Waals surface area contributed by atoms with Crippen molar-refractivity contribution in [3.05, 3.63) is 24.3 Å². The minimum Gasteiger partial charge on any atom is -0.392 e. The van der Waals surface area contributed by atoms with Crippen LogP contribution in [0.4, 0.5) is 0 Å². The summed E-state index contributed by atoms with van der Waals surface area (Å²) in [5, 5.41) is 20.4. The van der Waals surface area contributed by atoms with Crippen LogP contribution >= 0.6 is 0 Å². The van der Waals surface area contributed by atoms with E-state index in [1.54, 1.807) is 0 Å². The molecule has 0 unspecified atom stereocenters. The highest BCUT2D eigenvalue weighted by Gasteiger charge is 2.44. The molecule has 0 aromatic carbocycles. The van der Waals surface area contributed by atoms with Crippen molar-refractivity contribution in [2.45, 2.75) is 71.0 Å². The first-order valence-electron chi connectivity index (χ1n) is 8.72. The van der Waals surface area contributed by atoms with E-state index in [4.69, 9.17) is 0 Å². The van der Waals surface area contributed by atoms with Crippen LogP contribution in [0.15, 0.2) is 24.3 Å². The molecule has 2 nitrogen and oxygen atoms in total. The minimum absolute atomic E-state index is 0.217. The smallest absolute Gasteiger partial charge is 0.0723 e. The Labute approximate surface area is 130 Å². The molecule has 2 aliphatic rings. The molecule has 2 heteroatoms. The molecule has 2 aliphatic carbocycles. The monoisotopic (exact) mass is 292 g/mol. The molecule has 2 rings (SSSR count). The topological polar surface area (TPSA) is 40.5 Å². The van der Waals surface area contributed by atoms with Crippen molar-refractivity contribution in [3.8, 4) is 0 Å². The fourth-order valence-corrected chi connectivity index (χ4v) is 4.26. The molecule has 0 amide bonds. The number of unbranched alkanes of at least 4 members (excludes halogenated alkanes) is 1. The summed E-state index contributed by atoms with van der Waals surface area (Å²) in [6, 6.07) is 0. The summed E-state index contributed by atoms with van der Waals surface area (Å²) in [4.78, 5) is 0. The van der Waals surface area contributed by atoms with E-state index in [2.05, 4.69) is 26.5 Å². The van der Waals surface area contributed by atoms with Gasteiger partial charge in [0.05, 0.1) is 12.2 Å². The van der Waals surface area contributed by atoms with Crippen LogP contribution in [0.2, 0.25) is 0 Å². The highest BCUT2D eigenvalue weighted by Crippen LogP contribution is 2.49. The Hall–Kier alpha value is -0.600. The molecule has 6 atom stereocenters. The van der Waals surface area contributed by atoms with E-state index in [-0.39, 0.29) is 18.1 Å². The number of hydrogen-bond donors (Lipinski definition) is 2. The molecule has 0 heterocycles. The minimum atomic E-state index is -0.368. The second kappa shape index (κ2) is 7.60. The number of aliphatic hydroxyl groups excluding tert-OH is 2. The molecular weight excluding hydrogens is 260 g/mol. The van der Waals surface area contributed by atoms with Crippen molar-refractivity contribution < 1.29 is 10.2 Å². The van der Waals surface area contributed by atoms with Gasteiger partial charge in [0, 0.05) is 5.92 Å². The van der Waals surface area contributed by atoms with Gasteiger partial charge in [-0.05, 0) is 43.4 Å². The first-order chi connectivity index (χ1) is 10.0. The molecule has 0 aromatic heterocycles. The first kappa shape index (κ1) is 16.8. The van der Waals surface area contributed by atoms with Crippen molar-refractivity contribution in [3.63, 3.8) is 0 Å². The average molecular weight is 292 g/mol. The molecule has 2 fully saturated rings. The SMILES string of the molecule is C=C1C[C@H]2C[C@@H](O)[C@H](C=C[C@@H](O)C[C@H](C)CCCC)[C@@H]2C1. The third-order valence-electron chi connectivity index (χ3n) is 5.41. The lowest BCUT2D eigenvalue weighted by atomic mass is 9.90. The van der Waals surface area contributed by atoms with Gasteiger partial charge in [0.1, 0.15) is 0 Å². The molecule has 120 valence electrons. The molecule has 0 aromatic rings. The molecule has 2 saturated carbocycles. The quantitative estimate of drug-likeness (QED) is 0.694. The van der Waals surface area contributed by atoms with Gasteiger partial charge < -0.3 is 10.2 Å². The summed E-state index contributed by atoms with van der Waals surface area (Å²) in [7, 11) is 0. The van der Waals surface area contributed by atoms with Gasteiger partial charge in [-0.2, -0.15) is 0 Å². The van der Waals surface area contributed by atoms with Crippen LogP contribution < -0.4 is 0 Å².